The third-order valence-corrected chi connectivity index (χ3v) is 3.86. The van der Waals surface area contributed by atoms with Crippen molar-refractivity contribution < 1.29 is 9.47 Å². The molecule has 0 aliphatic carbocycles. The number of nitrogens with zero attached hydrogens (tertiary/aromatic N) is 2. The van der Waals surface area contributed by atoms with Gasteiger partial charge in [0, 0.05) is 26.7 Å². The van der Waals surface area contributed by atoms with Crippen molar-refractivity contribution in [1.82, 2.24) is 9.97 Å². The molecule has 1 atom stereocenters. The number of nitrogens with one attached hydrogen (secondary N) is 1. The van der Waals surface area contributed by atoms with E-state index in [4.69, 9.17) is 9.47 Å². The Bertz CT molecular complexity index is 395. The van der Waals surface area contributed by atoms with Gasteiger partial charge in [0.1, 0.15) is 11.6 Å². The number of halogens is 1. The van der Waals surface area contributed by atoms with E-state index < -0.39 is 0 Å². The van der Waals surface area contributed by atoms with Crippen LogP contribution in [-0.4, -0.2) is 36.3 Å². The highest BCUT2D eigenvalue weighted by Gasteiger charge is 2.19. The Labute approximate surface area is 122 Å². The predicted molar refractivity (Wildman–Crippen MR) is 77.3 cm³/mol. The van der Waals surface area contributed by atoms with Crippen LogP contribution in [0.1, 0.15) is 31.3 Å². The number of hydrogen-bond acceptors (Lipinski definition) is 5. The van der Waals surface area contributed by atoms with Crippen molar-refractivity contribution in [3.05, 3.63) is 16.0 Å². The van der Waals surface area contributed by atoms with Gasteiger partial charge in [-0.1, -0.05) is 0 Å². The summed E-state index contributed by atoms with van der Waals surface area (Å²) in [6.07, 6.45) is 3.25. The number of aromatic nitrogens is 2. The summed E-state index contributed by atoms with van der Waals surface area (Å²) in [5, 5.41) is 3.25. The molecule has 1 aliphatic heterocycles. The quantitative estimate of drug-likeness (QED) is 0.869. The summed E-state index contributed by atoms with van der Waals surface area (Å²) in [4.78, 5) is 9.13. The van der Waals surface area contributed by atoms with E-state index in [0.29, 0.717) is 6.61 Å². The molecule has 106 valence electrons. The predicted octanol–water partition coefficient (Wildman–Crippen LogP) is 2.54. The van der Waals surface area contributed by atoms with E-state index in [1.54, 1.807) is 7.11 Å². The van der Waals surface area contributed by atoms with Crippen LogP contribution < -0.4 is 5.32 Å². The molecule has 0 spiro atoms. The third kappa shape index (κ3) is 3.87. The average molecular weight is 330 g/mol. The lowest BCUT2D eigenvalue weighted by Crippen LogP contribution is -2.15. The van der Waals surface area contributed by atoms with Crippen LogP contribution >= 0.6 is 15.9 Å². The van der Waals surface area contributed by atoms with E-state index in [0.717, 1.165) is 54.2 Å². The largest absolute Gasteiger partial charge is 0.378 e. The lowest BCUT2D eigenvalue weighted by atomic mass is 10.2. The van der Waals surface area contributed by atoms with Gasteiger partial charge in [-0.05, 0) is 35.7 Å². The minimum absolute atomic E-state index is 0.256. The Kier molecular flexibility index (Phi) is 5.54. The van der Waals surface area contributed by atoms with Crippen LogP contribution in [0.3, 0.4) is 0 Å². The van der Waals surface area contributed by atoms with Crippen LogP contribution in [0.4, 0.5) is 5.82 Å². The van der Waals surface area contributed by atoms with Crippen molar-refractivity contribution in [2.75, 3.05) is 25.6 Å². The lowest BCUT2D eigenvalue weighted by Gasteiger charge is -2.13. The van der Waals surface area contributed by atoms with Gasteiger partial charge in [-0.25, -0.2) is 9.97 Å². The van der Waals surface area contributed by atoms with Gasteiger partial charge in [0.15, 0.2) is 0 Å². The zero-order valence-corrected chi connectivity index (χ0v) is 13.0. The Morgan fingerprint density at radius 3 is 2.95 bits per heavy atom. The Balaban J connectivity index is 2.20. The highest BCUT2D eigenvalue weighted by Crippen LogP contribution is 2.25. The molecule has 0 bridgehead atoms. The first-order chi connectivity index (χ1) is 9.24. The number of rotatable bonds is 6. The van der Waals surface area contributed by atoms with Crippen LogP contribution in [0.2, 0.25) is 0 Å². The minimum atomic E-state index is 0.256. The van der Waals surface area contributed by atoms with Gasteiger partial charge in [0.05, 0.1) is 22.9 Å². The fraction of sp³-hybridized carbons (Fsp3) is 0.692. The molecule has 6 heteroatoms. The van der Waals surface area contributed by atoms with Gasteiger partial charge < -0.3 is 14.8 Å². The van der Waals surface area contributed by atoms with Crippen LogP contribution in [0.5, 0.6) is 0 Å². The van der Waals surface area contributed by atoms with E-state index in [9.17, 15) is 0 Å². The highest BCUT2D eigenvalue weighted by atomic mass is 79.9. The SMILES string of the molecule is CCNc1nc(CC2CCCO2)nc(COC)c1Br. The van der Waals surface area contributed by atoms with Crippen molar-refractivity contribution in [2.24, 2.45) is 0 Å². The second-order valence-corrected chi connectivity index (χ2v) is 5.34. The van der Waals surface area contributed by atoms with Crippen LogP contribution in [0, 0.1) is 0 Å². The maximum atomic E-state index is 5.64. The van der Waals surface area contributed by atoms with Gasteiger partial charge >= 0.3 is 0 Å². The van der Waals surface area contributed by atoms with Gasteiger partial charge in [-0.3, -0.25) is 0 Å². The van der Waals surface area contributed by atoms with E-state index >= 15 is 0 Å². The van der Waals surface area contributed by atoms with Gasteiger partial charge in [-0.15, -0.1) is 0 Å². The molecule has 1 aromatic heterocycles. The molecule has 5 nitrogen and oxygen atoms in total. The van der Waals surface area contributed by atoms with Crippen molar-refractivity contribution >= 4 is 21.7 Å². The topological polar surface area (TPSA) is 56.3 Å². The van der Waals surface area contributed by atoms with E-state index in [1.165, 1.54) is 0 Å². The molecular formula is C13H20BrN3O2. The Morgan fingerprint density at radius 1 is 1.47 bits per heavy atom. The van der Waals surface area contributed by atoms with Crippen molar-refractivity contribution in [3.63, 3.8) is 0 Å². The number of hydrogen-bond donors (Lipinski definition) is 1. The summed E-state index contributed by atoms with van der Waals surface area (Å²) < 4.78 is 11.7. The zero-order chi connectivity index (χ0) is 13.7. The van der Waals surface area contributed by atoms with E-state index in [-0.39, 0.29) is 6.10 Å². The molecule has 2 rings (SSSR count). The summed E-state index contributed by atoms with van der Waals surface area (Å²) in [7, 11) is 1.67. The van der Waals surface area contributed by atoms with Gasteiger partial charge in [0.25, 0.3) is 0 Å². The summed E-state index contributed by atoms with van der Waals surface area (Å²) in [6, 6.07) is 0. The fourth-order valence-electron chi connectivity index (χ4n) is 2.16. The molecule has 19 heavy (non-hydrogen) atoms. The summed E-state index contributed by atoms with van der Waals surface area (Å²) in [6.45, 7) is 4.19. The van der Waals surface area contributed by atoms with Gasteiger partial charge in [-0.2, -0.15) is 0 Å². The molecule has 1 saturated heterocycles. The second-order valence-electron chi connectivity index (χ2n) is 4.55. The standard InChI is InChI=1S/C13H20BrN3O2/c1-3-15-13-12(14)10(8-18-2)16-11(17-13)7-9-5-4-6-19-9/h9H,3-8H2,1-2H3,(H,15,16,17). The first-order valence-corrected chi connectivity index (χ1v) is 7.43. The molecule has 1 N–H and O–H groups in total. The molecule has 0 saturated carbocycles. The van der Waals surface area contributed by atoms with Crippen LogP contribution in [0.25, 0.3) is 0 Å². The molecule has 0 aromatic carbocycles. The van der Waals surface area contributed by atoms with Gasteiger partial charge in [0.2, 0.25) is 0 Å². The van der Waals surface area contributed by atoms with Crippen molar-refractivity contribution in [3.8, 4) is 0 Å². The maximum absolute atomic E-state index is 5.64. The molecule has 0 amide bonds. The van der Waals surface area contributed by atoms with Crippen molar-refractivity contribution in [1.29, 1.82) is 0 Å². The first-order valence-electron chi connectivity index (χ1n) is 6.64. The second kappa shape index (κ2) is 7.17. The average Bonchev–Trinajstić information content (AvgIpc) is 2.88. The fourth-order valence-corrected chi connectivity index (χ4v) is 2.59. The van der Waals surface area contributed by atoms with Crippen molar-refractivity contribution in [2.45, 2.75) is 38.9 Å². The molecule has 1 aromatic rings. The Hall–Kier alpha value is -0.720. The number of methoxy groups -OCH3 is 1. The maximum Gasteiger partial charge on any atom is 0.144 e. The van der Waals surface area contributed by atoms with E-state index in [2.05, 4.69) is 31.2 Å². The van der Waals surface area contributed by atoms with Crippen LogP contribution in [0.15, 0.2) is 4.47 Å². The zero-order valence-electron chi connectivity index (χ0n) is 11.4. The summed E-state index contributed by atoms with van der Waals surface area (Å²) in [5.74, 6) is 1.65. The number of ether oxygens (including phenoxy) is 2. The van der Waals surface area contributed by atoms with Crippen LogP contribution in [-0.2, 0) is 22.5 Å². The summed E-state index contributed by atoms with van der Waals surface area (Å²) in [5.41, 5.74) is 0.876. The molecule has 2 heterocycles. The smallest absolute Gasteiger partial charge is 0.144 e. The lowest BCUT2D eigenvalue weighted by molar-refractivity contribution is 0.109. The molecule has 0 radical (unpaired) electrons. The minimum Gasteiger partial charge on any atom is -0.378 e. The molecule has 1 fully saturated rings. The highest BCUT2D eigenvalue weighted by molar-refractivity contribution is 9.10. The third-order valence-electron chi connectivity index (χ3n) is 3.03. The normalized spacial score (nSPS) is 18.8. The first kappa shape index (κ1) is 14.7. The molecule has 1 aliphatic rings. The summed E-state index contributed by atoms with van der Waals surface area (Å²) >= 11 is 3.53. The monoisotopic (exact) mass is 329 g/mol. The number of anilines is 1. The molecule has 1 unspecified atom stereocenters. The molecular weight excluding hydrogens is 310 g/mol. The Morgan fingerprint density at radius 2 is 2.32 bits per heavy atom. The van der Waals surface area contributed by atoms with E-state index in [1.807, 2.05) is 6.92 Å².